The van der Waals surface area contributed by atoms with E-state index in [0.717, 1.165) is 40.8 Å². The minimum Gasteiger partial charge on any atom is -0.388 e. The van der Waals surface area contributed by atoms with Gasteiger partial charge < -0.3 is 15.7 Å². The SMILES string of the molecule is Cc1nc2ccccc2c(N2CCCC(O)(CC(N)=O)C2)c1C. The van der Waals surface area contributed by atoms with Crippen LogP contribution in [0.2, 0.25) is 0 Å². The molecule has 1 aromatic carbocycles. The summed E-state index contributed by atoms with van der Waals surface area (Å²) in [4.78, 5) is 18.1. The summed E-state index contributed by atoms with van der Waals surface area (Å²) in [6.07, 6.45) is 1.44. The third-order valence-electron chi connectivity index (χ3n) is 4.72. The quantitative estimate of drug-likeness (QED) is 0.909. The van der Waals surface area contributed by atoms with E-state index in [2.05, 4.69) is 22.9 Å². The van der Waals surface area contributed by atoms with E-state index in [-0.39, 0.29) is 6.42 Å². The molecule has 5 nitrogen and oxygen atoms in total. The van der Waals surface area contributed by atoms with Gasteiger partial charge in [0.1, 0.15) is 0 Å². The number of hydrogen-bond donors (Lipinski definition) is 2. The smallest absolute Gasteiger partial charge is 0.220 e. The minimum absolute atomic E-state index is 0.00451. The van der Waals surface area contributed by atoms with Crippen molar-refractivity contribution in [2.45, 2.75) is 38.7 Å². The molecule has 3 N–H and O–H groups in total. The van der Waals surface area contributed by atoms with Crippen molar-refractivity contribution in [3.63, 3.8) is 0 Å². The first-order valence-corrected chi connectivity index (χ1v) is 8.01. The molecule has 1 aliphatic rings. The molecule has 1 unspecified atom stereocenters. The highest BCUT2D eigenvalue weighted by Crippen LogP contribution is 2.35. The Labute approximate surface area is 136 Å². The van der Waals surface area contributed by atoms with Gasteiger partial charge in [-0.2, -0.15) is 0 Å². The average Bonchev–Trinajstić information content (AvgIpc) is 2.47. The summed E-state index contributed by atoms with van der Waals surface area (Å²) < 4.78 is 0. The molecular weight excluding hydrogens is 290 g/mol. The zero-order valence-corrected chi connectivity index (χ0v) is 13.7. The Bertz CT molecular complexity index is 759. The second kappa shape index (κ2) is 5.81. The molecule has 2 aromatic rings. The fourth-order valence-corrected chi connectivity index (χ4v) is 3.59. The predicted octanol–water partition coefficient (Wildman–Crippen LogP) is 2.06. The van der Waals surface area contributed by atoms with Crippen LogP contribution in [0.4, 0.5) is 5.69 Å². The first-order valence-electron chi connectivity index (χ1n) is 8.01. The first kappa shape index (κ1) is 15.7. The van der Waals surface area contributed by atoms with Gasteiger partial charge in [-0.1, -0.05) is 18.2 Å². The number of piperidine rings is 1. The maximum atomic E-state index is 11.3. The Morgan fingerprint density at radius 3 is 2.87 bits per heavy atom. The van der Waals surface area contributed by atoms with Crippen molar-refractivity contribution in [2.24, 2.45) is 5.73 Å². The second-order valence-electron chi connectivity index (χ2n) is 6.58. The van der Waals surface area contributed by atoms with Crippen molar-refractivity contribution in [1.82, 2.24) is 4.98 Å². The van der Waals surface area contributed by atoms with E-state index in [9.17, 15) is 9.90 Å². The van der Waals surface area contributed by atoms with E-state index in [4.69, 9.17) is 5.73 Å². The van der Waals surface area contributed by atoms with Crippen LogP contribution in [0.3, 0.4) is 0 Å². The summed E-state index contributed by atoms with van der Waals surface area (Å²) in [5, 5.41) is 11.8. The number of carbonyl (C=O) groups excluding carboxylic acids is 1. The lowest BCUT2D eigenvalue weighted by Gasteiger charge is -2.41. The number of nitrogens with two attached hydrogens (primary N) is 1. The van der Waals surface area contributed by atoms with Gasteiger partial charge in [0.05, 0.1) is 23.2 Å². The molecule has 5 heteroatoms. The number of β-amino-alcohol motifs (C(OH)–C–C–N with tert-alkyl or cyclic N) is 1. The number of hydrogen-bond acceptors (Lipinski definition) is 4. The van der Waals surface area contributed by atoms with Crippen molar-refractivity contribution in [2.75, 3.05) is 18.0 Å². The Kier molecular flexibility index (Phi) is 3.98. The Balaban J connectivity index is 2.06. The summed E-state index contributed by atoms with van der Waals surface area (Å²) in [5.41, 5.74) is 8.43. The van der Waals surface area contributed by atoms with Gasteiger partial charge in [0.15, 0.2) is 0 Å². The lowest BCUT2D eigenvalue weighted by Crippen LogP contribution is -2.50. The number of aliphatic hydroxyl groups is 1. The number of rotatable bonds is 3. The molecule has 1 saturated heterocycles. The molecule has 1 atom stereocenters. The number of amides is 1. The van der Waals surface area contributed by atoms with Gasteiger partial charge in [-0.25, -0.2) is 0 Å². The van der Waals surface area contributed by atoms with Crippen LogP contribution < -0.4 is 10.6 Å². The summed E-state index contributed by atoms with van der Waals surface area (Å²) in [6, 6.07) is 8.05. The van der Waals surface area contributed by atoms with E-state index in [1.54, 1.807) is 0 Å². The van der Waals surface area contributed by atoms with E-state index in [0.29, 0.717) is 13.0 Å². The number of primary amides is 1. The second-order valence-corrected chi connectivity index (χ2v) is 6.58. The van der Waals surface area contributed by atoms with E-state index in [1.165, 1.54) is 0 Å². The highest BCUT2D eigenvalue weighted by Gasteiger charge is 2.35. The molecular formula is C18H23N3O2. The molecule has 0 bridgehead atoms. The molecule has 3 rings (SSSR count). The van der Waals surface area contributed by atoms with Crippen LogP contribution in [0.1, 0.15) is 30.5 Å². The lowest BCUT2D eigenvalue weighted by atomic mass is 9.88. The Morgan fingerprint density at radius 2 is 2.13 bits per heavy atom. The normalized spacial score (nSPS) is 21.6. The van der Waals surface area contributed by atoms with Gasteiger partial charge in [0.25, 0.3) is 0 Å². The molecule has 122 valence electrons. The highest BCUT2D eigenvalue weighted by atomic mass is 16.3. The largest absolute Gasteiger partial charge is 0.388 e. The molecule has 2 heterocycles. The van der Waals surface area contributed by atoms with Crippen LogP contribution in [-0.4, -0.2) is 34.7 Å². The standard InChI is InChI=1S/C18H23N3O2/c1-12-13(2)20-15-7-4-3-6-14(15)17(12)21-9-5-8-18(23,11-21)10-16(19)22/h3-4,6-7,23H,5,8-11H2,1-2H3,(H2,19,22). The summed E-state index contributed by atoms with van der Waals surface area (Å²) in [7, 11) is 0. The molecule has 1 amide bonds. The number of nitrogens with zero attached hydrogens (tertiary/aromatic N) is 2. The topological polar surface area (TPSA) is 79.4 Å². The third kappa shape index (κ3) is 3.01. The minimum atomic E-state index is -1.05. The summed E-state index contributed by atoms with van der Waals surface area (Å²) >= 11 is 0. The Morgan fingerprint density at radius 1 is 1.39 bits per heavy atom. The zero-order valence-electron chi connectivity index (χ0n) is 13.7. The molecule has 1 aromatic heterocycles. The van der Waals surface area contributed by atoms with Crippen LogP contribution in [0.15, 0.2) is 24.3 Å². The molecule has 1 aliphatic heterocycles. The van der Waals surface area contributed by atoms with E-state index >= 15 is 0 Å². The molecule has 0 saturated carbocycles. The number of aromatic nitrogens is 1. The number of carbonyl (C=O) groups is 1. The maximum Gasteiger partial charge on any atom is 0.220 e. The van der Waals surface area contributed by atoms with Crippen molar-refractivity contribution < 1.29 is 9.90 Å². The number of benzene rings is 1. The molecule has 0 spiro atoms. The maximum absolute atomic E-state index is 11.3. The summed E-state index contributed by atoms with van der Waals surface area (Å²) in [6.45, 7) is 5.34. The van der Waals surface area contributed by atoms with Gasteiger partial charge in [0, 0.05) is 24.2 Å². The number of aryl methyl sites for hydroxylation is 1. The highest BCUT2D eigenvalue weighted by molar-refractivity contribution is 5.94. The summed E-state index contributed by atoms with van der Waals surface area (Å²) in [5.74, 6) is -0.457. The van der Waals surface area contributed by atoms with Crippen molar-refractivity contribution in [3.05, 3.63) is 35.5 Å². The number of para-hydroxylation sites is 1. The van der Waals surface area contributed by atoms with Gasteiger partial charge >= 0.3 is 0 Å². The molecule has 0 radical (unpaired) electrons. The van der Waals surface area contributed by atoms with Crippen molar-refractivity contribution >= 4 is 22.5 Å². The van der Waals surface area contributed by atoms with Gasteiger partial charge in [0.2, 0.25) is 5.91 Å². The third-order valence-corrected chi connectivity index (χ3v) is 4.72. The number of anilines is 1. The average molecular weight is 313 g/mol. The van der Waals surface area contributed by atoms with Gasteiger partial charge in [-0.3, -0.25) is 9.78 Å². The fraction of sp³-hybridized carbons (Fsp3) is 0.444. The molecule has 0 aliphatic carbocycles. The monoisotopic (exact) mass is 313 g/mol. The lowest BCUT2D eigenvalue weighted by molar-refractivity contribution is -0.123. The predicted molar refractivity (Wildman–Crippen MR) is 91.4 cm³/mol. The van der Waals surface area contributed by atoms with Gasteiger partial charge in [-0.15, -0.1) is 0 Å². The number of fused-ring (bicyclic) bond motifs is 1. The van der Waals surface area contributed by atoms with Crippen LogP contribution in [0.25, 0.3) is 10.9 Å². The van der Waals surface area contributed by atoms with Crippen LogP contribution in [0.5, 0.6) is 0 Å². The van der Waals surface area contributed by atoms with E-state index in [1.807, 2.05) is 25.1 Å². The number of pyridine rings is 1. The molecule has 23 heavy (non-hydrogen) atoms. The first-order chi connectivity index (χ1) is 10.9. The fourth-order valence-electron chi connectivity index (χ4n) is 3.59. The Hall–Kier alpha value is -2.14. The van der Waals surface area contributed by atoms with Crippen LogP contribution >= 0.6 is 0 Å². The van der Waals surface area contributed by atoms with Crippen molar-refractivity contribution in [1.29, 1.82) is 0 Å². The van der Waals surface area contributed by atoms with Crippen molar-refractivity contribution in [3.8, 4) is 0 Å². The zero-order chi connectivity index (χ0) is 16.6. The molecule has 1 fully saturated rings. The van der Waals surface area contributed by atoms with Crippen LogP contribution in [0, 0.1) is 13.8 Å². The van der Waals surface area contributed by atoms with E-state index < -0.39 is 11.5 Å². The van der Waals surface area contributed by atoms with Crippen LogP contribution in [-0.2, 0) is 4.79 Å². The van der Waals surface area contributed by atoms with Gasteiger partial charge in [-0.05, 0) is 38.3 Å².